The zero-order chi connectivity index (χ0) is 15.0. The fourth-order valence-corrected chi connectivity index (χ4v) is 2.84. The van der Waals surface area contributed by atoms with E-state index in [2.05, 4.69) is 19.2 Å². The molecule has 0 saturated heterocycles. The average molecular weight is 287 g/mol. The van der Waals surface area contributed by atoms with E-state index in [0.717, 1.165) is 31.6 Å². The summed E-state index contributed by atoms with van der Waals surface area (Å²) >= 11 is 0. The molecule has 3 N–H and O–H groups in total. The third-order valence-electron chi connectivity index (χ3n) is 4.16. The second kappa shape index (κ2) is 8.98. The Hall–Kier alpha value is -0.160. The van der Waals surface area contributed by atoms with Gasteiger partial charge in [-0.2, -0.15) is 0 Å². The molecule has 0 aromatic rings. The van der Waals surface area contributed by atoms with Crippen molar-refractivity contribution in [1.29, 1.82) is 0 Å². The largest absolute Gasteiger partial charge is 0.389 e. The van der Waals surface area contributed by atoms with E-state index in [1.165, 1.54) is 12.8 Å². The first-order valence-corrected chi connectivity index (χ1v) is 8.15. The minimum absolute atomic E-state index is 0.323. The summed E-state index contributed by atoms with van der Waals surface area (Å²) in [6.07, 6.45) is 6.26. The van der Waals surface area contributed by atoms with E-state index in [-0.39, 0.29) is 0 Å². The lowest BCUT2D eigenvalue weighted by atomic mass is 9.89. The summed E-state index contributed by atoms with van der Waals surface area (Å²) in [6, 6.07) is 0. The van der Waals surface area contributed by atoms with Gasteiger partial charge in [-0.05, 0) is 44.9 Å². The Kier molecular flexibility index (Phi) is 8.03. The number of hydrogen-bond acceptors (Lipinski definition) is 4. The van der Waals surface area contributed by atoms with Gasteiger partial charge in [0.2, 0.25) is 0 Å². The first-order chi connectivity index (χ1) is 9.43. The Bertz CT molecular complexity index is 250. The van der Waals surface area contributed by atoms with Crippen LogP contribution in [-0.4, -0.2) is 47.7 Å². The van der Waals surface area contributed by atoms with Crippen LogP contribution in [0.5, 0.6) is 0 Å². The van der Waals surface area contributed by atoms with E-state index in [4.69, 9.17) is 4.74 Å². The number of aliphatic hydroxyl groups is 2. The molecule has 0 aromatic heterocycles. The van der Waals surface area contributed by atoms with Crippen LogP contribution in [0.25, 0.3) is 0 Å². The summed E-state index contributed by atoms with van der Waals surface area (Å²) in [7, 11) is 0. The first-order valence-electron chi connectivity index (χ1n) is 8.15. The highest BCUT2D eigenvalue weighted by Crippen LogP contribution is 2.25. The first kappa shape index (κ1) is 17.9. The minimum Gasteiger partial charge on any atom is -0.389 e. The topological polar surface area (TPSA) is 61.7 Å². The molecule has 120 valence electrons. The minimum atomic E-state index is -0.686. The van der Waals surface area contributed by atoms with Crippen LogP contribution in [0.15, 0.2) is 0 Å². The average Bonchev–Trinajstić information content (AvgIpc) is 2.37. The van der Waals surface area contributed by atoms with Crippen molar-refractivity contribution in [3.63, 3.8) is 0 Å². The van der Waals surface area contributed by atoms with Crippen molar-refractivity contribution >= 4 is 0 Å². The van der Waals surface area contributed by atoms with E-state index in [1.807, 2.05) is 6.92 Å². The van der Waals surface area contributed by atoms with Crippen LogP contribution in [0, 0.1) is 5.92 Å². The van der Waals surface area contributed by atoms with Crippen LogP contribution in [0.1, 0.15) is 59.3 Å². The van der Waals surface area contributed by atoms with Gasteiger partial charge in [0.1, 0.15) is 0 Å². The van der Waals surface area contributed by atoms with E-state index in [9.17, 15) is 10.2 Å². The van der Waals surface area contributed by atoms with Gasteiger partial charge in [0.05, 0.1) is 24.4 Å². The molecule has 0 aliphatic heterocycles. The van der Waals surface area contributed by atoms with E-state index in [0.29, 0.717) is 25.8 Å². The molecule has 0 aromatic carbocycles. The molecule has 20 heavy (non-hydrogen) atoms. The molecule has 1 saturated carbocycles. The number of nitrogens with one attached hydrogen (secondary N) is 1. The molecule has 1 aliphatic carbocycles. The van der Waals surface area contributed by atoms with Crippen molar-refractivity contribution in [2.24, 2.45) is 5.92 Å². The molecule has 0 amide bonds. The fraction of sp³-hybridized carbons (Fsp3) is 1.00. The zero-order valence-electron chi connectivity index (χ0n) is 13.4. The van der Waals surface area contributed by atoms with Gasteiger partial charge in [-0.3, -0.25) is 0 Å². The molecule has 1 rings (SSSR count). The Morgan fingerprint density at radius 3 is 2.55 bits per heavy atom. The van der Waals surface area contributed by atoms with Gasteiger partial charge in [-0.15, -0.1) is 0 Å². The maximum absolute atomic E-state index is 10.0. The van der Waals surface area contributed by atoms with Crippen molar-refractivity contribution < 1.29 is 14.9 Å². The molecule has 4 nitrogen and oxygen atoms in total. The Morgan fingerprint density at radius 1 is 1.30 bits per heavy atom. The summed E-state index contributed by atoms with van der Waals surface area (Å²) in [5.41, 5.74) is -0.686. The predicted octanol–water partition coefficient (Wildman–Crippen LogP) is 2.08. The van der Waals surface area contributed by atoms with E-state index in [1.54, 1.807) is 0 Å². The summed E-state index contributed by atoms with van der Waals surface area (Å²) in [4.78, 5) is 0. The summed E-state index contributed by atoms with van der Waals surface area (Å²) in [6.45, 7) is 7.55. The molecule has 1 aliphatic rings. The lowest BCUT2D eigenvalue weighted by Crippen LogP contribution is -2.41. The second-order valence-corrected chi connectivity index (χ2v) is 6.75. The smallest absolute Gasteiger partial charge is 0.0897 e. The quantitative estimate of drug-likeness (QED) is 0.607. The van der Waals surface area contributed by atoms with E-state index >= 15 is 0 Å². The van der Waals surface area contributed by atoms with Crippen LogP contribution in [0.3, 0.4) is 0 Å². The lowest BCUT2D eigenvalue weighted by molar-refractivity contribution is -0.0298. The maximum Gasteiger partial charge on any atom is 0.0897 e. The van der Waals surface area contributed by atoms with Crippen molar-refractivity contribution in [3.05, 3.63) is 0 Å². The van der Waals surface area contributed by atoms with Gasteiger partial charge in [0.25, 0.3) is 0 Å². The van der Waals surface area contributed by atoms with Gasteiger partial charge in [-0.1, -0.05) is 20.3 Å². The van der Waals surface area contributed by atoms with Gasteiger partial charge < -0.3 is 20.3 Å². The molecule has 2 atom stereocenters. The molecule has 0 spiro atoms. The summed E-state index contributed by atoms with van der Waals surface area (Å²) in [5, 5.41) is 23.0. The third-order valence-corrected chi connectivity index (χ3v) is 4.16. The number of aliphatic hydroxyl groups excluding tert-OH is 1. The number of rotatable bonds is 9. The zero-order valence-corrected chi connectivity index (χ0v) is 13.4. The van der Waals surface area contributed by atoms with Gasteiger partial charge in [-0.25, -0.2) is 0 Å². The standard InChI is InChI=1S/C16H33NO3/c1-4-9-16(3,19)12-17-10-14(18)11-20-15-7-5-13(2)6-8-15/h13-15,17-19H,4-12H2,1-3H3. The van der Waals surface area contributed by atoms with E-state index < -0.39 is 11.7 Å². The highest BCUT2D eigenvalue weighted by atomic mass is 16.5. The SMILES string of the molecule is CCCC(C)(O)CNCC(O)COC1CCC(C)CC1. The molecule has 4 heteroatoms. The summed E-state index contributed by atoms with van der Waals surface area (Å²) in [5.74, 6) is 0.822. The fourth-order valence-electron chi connectivity index (χ4n) is 2.84. The van der Waals surface area contributed by atoms with Gasteiger partial charge in [0.15, 0.2) is 0 Å². The highest BCUT2D eigenvalue weighted by molar-refractivity contribution is 4.76. The Labute approximate surface area is 123 Å². The molecule has 1 fully saturated rings. The maximum atomic E-state index is 10.0. The molecule has 0 radical (unpaired) electrons. The molecular formula is C16H33NO3. The van der Waals surface area contributed by atoms with Crippen LogP contribution in [-0.2, 0) is 4.74 Å². The van der Waals surface area contributed by atoms with Crippen molar-refractivity contribution in [3.8, 4) is 0 Å². The molecule has 0 bridgehead atoms. The van der Waals surface area contributed by atoms with Crippen LogP contribution >= 0.6 is 0 Å². The van der Waals surface area contributed by atoms with Crippen LogP contribution in [0.4, 0.5) is 0 Å². The Morgan fingerprint density at radius 2 is 1.95 bits per heavy atom. The van der Waals surface area contributed by atoms with Crippen molar-refractivity contribution in [2.45, 2.75) is 77.1 Å². The third kappa shape index (κ3) is 7.58. The number of hydrogen-bond donors (Lipinski definition) is 3. The highest BCUT2D eigenvalue weighted by Gasteiger charge is 2.21. The monoisotopic (exact) mass is 287 g/mol. The molecule has 2 unspecified atom stereocenters. The van der Waals surface area contributed by atoms with Crippen LogP contribution < -0.4 is 5.32 Å². The van der Waals surface area contributed by atoms with Gasteiger partial charge in [0, 0.05) is 13.1 Å². The van der Waals surface area contributed by atoms with Crippen LogP contribution in [0.2, 0.25) is 0 Å². The Balaban J connectivity index is 2.07. The predicted molar refractivity (Wildman–Crippen MR) is 81.8 cm³/mol. The normalized spacial score (nSPS) is 28.1. The molecule has 0 heterocycles. The second-order valence-electron chi connectivity index (χ2n) is 6.75. The number of ether oxygens (including phenoxy) is 1. The lowest BCUT2D eigenvalue weighted by Gasteiger charge is -2.27. The molecular weight excluding hydrogens is 254 g/mol. The van der Waals surface area contributed by atoms with Crippen molar-refractivity contribution in [1.82, 2.24) is 5.32 Å². The van der Waals surface area contributed by atoms with Crippen molar-refractivity contribution in [2.75, 3.05) is 19.7 Å². The summed E-state index contributed by atoms with van der Waals surface area (Å²) < 4.78 is 5.77. The van der Waals surface area contributed by atoms with Gasteiger partial charge >= 0.3 is 0 Å².